The summed E-state index contributed by atoms with van der Waals surface area (Å²) in [6.45, 7) is 6.17. The summed E-state index contributed by atoms with van der Waals surface area (Å²) < 4.78 is 11.7. The summed E-state index contributed by atoms with van der Waals surface area (Å²) in [4.78, 5) is 26.3. The number of hydrogen-bond donors (Lipinski definition) is 1. The molecule has 2 aromatic carbocycles. The Morgan fingerprint density at radius 1 is 1.03 bits per heavy atom. The normalized spacial score (nSPS) is 20.8. The van der Waals surface area contributed by atoms with E-state index in [4.69, 9.17) is 9.47 Å². The van der Waals surface area contributed by atoms with Crippen molar-refractivity contribution in [1.29, 1.82) is 0 Å². The molecule has 0 radical (unpaired) electrons. The van der Waals surface area contributed by atoms with E-state index < -0.39 is 29.8 Å². The number of nitrogens with zero attached hydrogens (tertiary/aromatic N) is 1. The van der Waals surface area contributed by atoms with Crippen molar-refractivity contribution in [3.63, 3.8) is 0 Å². The zero-order valence-electron chi connectivity index (χ0n) is 18.2. The fourth-order valence-electron chi connectivity index (χ4n) is 4.71. The Hall–Kier alpha value is -2.86. The van der Waals surface area contributed by atoms with Crippen LogP contribution in [0.2, 0.25) is 0 Å². The average Bonchev–Trinajstić information content (AvgIpc) is 3.04. The summed E-state index contributed by atoms with van der Waals surface area (Å²) in [6, 6.07) is 15.2. The lowest BCUT2D eigenvalue weighted by Gasteiger charge is -2.40. The number of hydrogen-bond acceptors (Lipinski definition) is 4. The molecule has 164 valence electrons. The van der Waals surface area contributed by atoms with Crippen LogP contribution in [0.15, 0.2) is 48.5 Å². The lowest BCUT2D eigenvalue weighted by molar-refractivity contribution is -0.160. The zero-order chi connectivity index (χ0) is 22.2. The van der Waals surface area contributed by atoms with Crippen molar-refractivity contribution in [3.8, 4) is 11.1 Å². The summed E-state index contributed by atoms with van der Waals surface area (Å²) in [5, 5.41) is 9.84. The molecule has 2 atom stereocenters. The number of aliphatic carboxylic acids is 1. The average molecular weight is 424 g/mol. The van der Waals surface area contributed by atoms with E-state index in [1.54, 1.807) is 0 Å². The molecule has 1 heterocycles. The molecule has 4 rings (SSSR count). The Bertz CT molecular complexity index is 934. The molecule has 31 heavy (non-hydrogen) atoms. The van der Waals surface area contributed by atoms with Gasteiger partial charge < -0.3 is 14.6 Å². The van der Waals surface area contributed by atoms with E-state index in [0.29, 0.717) is 19.4 Å². The number of rotatable bonds is 4. The number of carboxylic acids is 1. The van der Waals surface area contributed by atoms with E-state index in [1.807, 2.05) is 45.0 Å². The molecule has 0 spiro atoms. The third kappa shape index (κ3) is 4.30. The maximum absolute atomic E-state index is 13.0. The fourth-order valence-corrected chi connectivity index (χ4v) is 4.71. The maximum Gasteiger partial charge on any atom is 0.410 e. The van der Waals surface area contributed by atoms with Crippen LogP contribution in [0.4, 0.5) is 4.79 Å². The van der Waals surface area contributed by atoms with Crippen LogP contribution >= 0.6 is 0 Å². The third-order valence-electron chi connectivity index (χ3n) is 5.90. The zero-order valence-corrected chi connectivity index (χ0v) is 18.2. The van der Waals surface area contributed by atoms with Gasteiger partial charge in [0.05, 0.1) is 11.7 Å². The highest BCUT2D eigenvalue weighted by atomic mass is 16.6. The number of carboxylic acid groups (broad SMARTS) is 1. The van der Waals surface area contributed by atoms with E-state index in [9.17, 15) is 14.7 Å². The number of carbonyl (C=O) groups is 2. The fraction of sp³-hybridized carbons (Fsp3) is 0.440. The maximum atomic E-state index is 13.0. The molecule has 2 aromatic rings. The van der Waals surface area contributed by atoms with Crippen LogP contribution in [0.5, 0.6) is 0 Å². The van der Waals surface area contributed by atoms with Gasteiger partial charge in [-0.3, -0.25) is 4.90 Å². The highest BCUT2D eigenvalue weighted by Crippen LogP contribution is 2.44. The Kier molecular flexibility index (Phi) is 5.75. The number of carbonyl (C=O) groups excluding carboxylic acids is 1. The van der Waals surface area contributed by atoms with E-state index in [0.717, 1.165) is 22.3 Å². The van der Waals surface area contributed by atoms with Gasteiger partial charge in [0, 0.05) is 12.5 Å². The van der Waals surface area contributed by atoms with E-state index >= 15 is 0 Å². The second-order valence-electron chi connectivity index (χ2n) is 9.19. The minimum Gasteiger partial charge on any atom is -0.480 e. The van der Waals surface area contributed by atoms with Crippen molar-refractivity contribution in [1.82, 2.24) is 4.90 Å². The molecular formula is C25H29NO5. The van der Waals surface area contributed by atoms with Gasteiger partial charge in [-0.05, 0) is 55.9 Å². The van der Waals surface area contributed by atoms with E-state index in [2.05, 4.69) is 24.3 Å². The monoisotopic (exact) mass is 423 g/mol. The van der Waals surface area contributed by atoms with Crippen molar-refractivity contribution < 1.29 is 24.2 Å². The van der Waals surface area contributed by atoms with E-state index in [-0.39, 0.29) is 12.5 Å². The van der Waals surface area contributed by atoms with Gasteiger partial charge in [-0.15, -0.1) is 0 Å². The van der Waals surface area contributed by atoms with Crippen molar-refractivity contribution in [3.05, 3.63) is 59.7 Å². The molecule has 1 amide bonds. The largest absolute Gasteiger partial charge is 0.480 e. The molecular weight excluding hydrogens is 394 g/mol. The summed E-state index contributed by atoms with van der Waals surface area (Å²) in [5.41, 5.74) is 4.05. The number of amides is 1. The summed E-state index contributed by atoms with van der Waals surface area (Å²) in [7, 11) is 0. The molecule has 0 unspecified atom stereocenters. The van der Waals surface area contributed by atoms with Crippen LogP contribution in [0.1, 0.15) is 50.7 Å². The molecule has 1 fully saturated rings. The molecule has 1 aliphatic heterocycles. The Labute approximate surface area is 182 Å². The SMILES string of the molecule is CC(C)(C)O[C@@H]1CCCN(C(=O)OCC2c3ccccc3-c3ccccc32)[C@@H]1C(=O)O. The summed E-state index contributed by atoms with van der Waals surface area (Å²) in [6.07, 6.45) is 0.110. The second kappa shape index (κ2) is 8.35. The minimum absolute atomic E-state index is 0.0639. The molecule has 6 nitrogen and oxygen atoms in total. The Morgan fingerprint density at radius 2 is 1.61 bits per heavy atom. The predicted molar refractivity (Wildman–Crippen MR) is 117 cm³/mol. The van der Waals surface area contributed by atoms with Gasteiger partial charge in [-0.2, -0.15) is 0 Å². The standard InChI is InChI=1S/C25H29NO5/c1-25(2,3)31-21-13-8-14-26(22(21)23(27)28)24(29)30-15-20-18-11-6-4-9-16(18)17-10-5-7-12-19(17)20/h4-7,9-12,20-22H,8,13-15H2,1-3H3,(H,27,28)/t21-,22+/m1/s1. The first-order chi connectivity index (χ1) is 14.8. The van der Waals surface area contributed by atoms with Gasteiger partial charge in [0.2, 0.25) is 0 Å². The number of likely N-dealkylation sites (tertiary alicyclic amines) is 1. The molecule has 2 aliphatic rings. The summed E-state index contributed by atoms with van der Waals surface area (Å²) in [5.74, 6) is -1.13. The smallest absolute Gasteiger partial charge is 0.410 e. The molecule has 1 N–H and O–H groups in total. The van der Waals surface area contributed by atoms with Gasteiger partial charge in [0.25, 0.3) is 0 Å². The predicted octanol–water partition coefficient (Wildman–Crippen LogP) is 4.67. The number of ether oxygens (including phenoxy) is 2. The van der Waals surface area contributed by atoms with Gasteiger partial charge in [0.15, 0.2) is 6.04 Å². The number of benzene rings is 2. The van der Waals surface area contributed by atoms with Crippen LogP contribution in [-0.2, 0) is 14.3 Å². The molecule has 0 bridgehead atoms. The third-order valence-corrected chi connectivity index (χ3v) is 5.90. The highest BCUT2D eigenvalue weighted by molar-refractivity contribution is 5.82. The van der Waals surface area contributed by atoms with Crippen molar-refractivity contribution in [2.45, 2.75) is 57.3 Å². The van der Waals surface area contributed by atoms with Crippen LogP contribution in [0, 0.1) is 0 Å². The molecule has 0 aromatic heterocycles. The Balaban J connectivity index is 1.51. The molecule has 6 heteroatoms. The minimum atomic E-state index is -1.07. The molecule has 1 aliphatic carbocycles. The molecule has 1 saturated heterocycles. The van der Waals surface area contributed by atoms with Gasteiger partial charge in [0.1, 0.15) is 6.61 Å². The lowest BCUT2D eigenvalue weighted by atomic mass is 9.97. The lowest BCUT2D eigenvalue weighted by Crippen LogP contribution is -2.57. The number of fused-ring (bicyclic) bond motifs is 3. The van der Waals surface area contributed by atoms with Gasteiger partial charge in [-0.25, -0.2) is 9.59 Å². The van der Waals surface area contributed by atoms with Crippen LogP contribution in [0.3, 0.4) is 0 Å². The second-order valence-corrected chi connectivity index (χ2v) is 9.19. The highest BCUT2D eigenvalue weighted by Gasteiger charge is 2.43. The van der Waals surface area contributed by atoms with Crippen LogP contribution in [-0.4, -0.2) is 53.0 Å². The van der Waals surface area contributed by atoms with Crippen LogP contribution < -0.4 is 0 Å². The first-order valence-electron chi connectivity index (χ1n) is 10.8. The van der Waals surface area contributed by atoms with Gasteiger partial charge >= 0.3 is 12.1 Å². The quantitative estimate of drug-likeness (QED) is 0.774. The van der Waals surface area contributed by atoms with E-state index in [1.165, 1.54) is 4.90 Å². The first-order valence-corrected chi connectivity index (χ1v) is 10.8. The van der Waals surface area contributed by atoms with Gasteiger partial charge in [-0.1, -0.05) is 48.5 Å². The Morgan fingerprint density at radius 3 is 2.16 bits per heavy atom. The van der Waals surface area contributed by atoms with Crippen molar-refractivity contribution >= 4 is 12.1 Å². The number of piperidine rings is 1. The van der Waals surface area contributed by atoms with Crippen molar-refractivity contribution in [2.75, 3.05) is 13.2 Å². The topological polar surface area (TPSA) is 76.1 Å². The van der Waals surface area contributed by atoms with Crippen molar-refractivity contribution in [2.24, 2.45) is 0 Å². The summed E-state index contributed by atoms with van der Waals surface area (Å²) >= 11 is 0. The molecule has 0 saturated carbocycles. The van der Waals surface area contributed by atoms with Crippen LogP contribution in [0.25, 0.3) is 11.1 Å². The first kappa shape index (κ1) is 21.4.